The van der Waals surface area contributed by atoms with E-state index in [1.807, 2.05) is 24.3 Å². The Morgan fingerprint density at radius 1 is 1.30 bits per heavy atom. The fourth-order valence-corrected chi connectivity index (χ4v) is 2.34. The maximum absolute atomic E-state index is 6.12. The summed E-state index contributed by atoms with van der Waals surface area (Å²) in [6, 6.07) is 7.81. The van der Waals surface area contributed by atoms with E-state index in [9.17, 15) is 0 Å². The van der Waals surface area contributed by atoms with Crippen LogP contribution in [-0.4, -0.2) is 16.7 Å². The van der Waals surface area contributed by atoms with Gasteiger partial charge in [-0.3, -0.25) is 0 Å². The lowest BCUT2D eigenvalue weighted by Gasteiger charge is -2.01. The van der Waals surface area contributed by atoms with Gasteiger partial charge in [0.15, 0.2) is 11.0 Å². The van der Waals surface area contributed by atoms with Gasteiger partial charge in [0.2, 0.25) is 5.89 Å². The van der Waals surface area contributed by atoms with Gasteiger partial charge >= 0.3 is 0 Å². The molecule has 0 atom stereocenters. The molecule has 1 N–H and O–H groups in total. The number of nitrogens with one attached hydrogen (secondary N) is 1. The third-order valence-electron chi connectivity index (χ3n) is 3.05. The summed E-state index contributed by atoms with van der Waals surface area (Å²) < 4.78 is 10.4. The van der Waals surface area contributed by atoms with Crippen LogP contribution in [0.4, 0.5) is 0 Å². The highest BCUT2D eigenvalue weighted by Gasteiger charge is 2.11. The second kappa shape index (κ2) is 5.64. The fourth-order valence-electron chi connectivity index (χ4n) is 2.09. The monoisotopic (exact) mass is 291 g/mol. The molecule has 0 aliphatic carbocycles. The van der Waals surface area contributed by atoms with E-state index < -0.39 is 0 Å². The molecule has 0 bridgehead atoms. The van der Waals surface area contributed by atoms with Crippen molar-refractivity contribution in [2.24, 2.45) is 0 Å². The SMILES string of the molecule is Cc1nc(CCNCc2c(Cl)oc3ccccc23)no1. The first kappa shape index (κ1) is 13.1. The number of halogens is 1. The molecular formula is C14H14ClN3O2. The van der Waals surface area contributed by atoms with Gasteiger partial charge in [-0.15, -0.1) is 0 Å². The predicted molar refractivity (Wildman–Crippen MR) is 75.7 cm³/mol. The van der Waals surface area contributed by atoms with Gasteiger partial charge in [0.1, 0.15) is 5.58 Å². The third kappa shape index (κ3) is 2.69. The fraction of sp³-hybridized carbons (Fsp3) is 0.286. The Bertz CT molecular complexity index is 720. The molecule has 5 nitrogen and oxygen atoms in total. The number of nitrogens with zero attached hydrogens (tertiary/aromatic N) is 2. The standard InChI is InChI=1S/C14H14ClN3O2/c1-9-17-13(18-20-9)6-7-16-8-11-10-4-2-3-5-12(10)19-14(11)15/h2-5,16H,6-8H2,1H3. The lowest BCUT2D eigenvalue weighted by molar-refractivity contribution is 0.387. The Balaban J connectivity index is 1.61. The smallest absolute Gasteiger partial charge is 0.223 e. The second-order valence-electron chi connectivity index (χ2n) is 4.51. The van der Waals surface area contributed by atoms with Gasteiger partial charge < -0.3 is 14.3 Å². The first-order valence-electron chi connectivity index (χ1n) is 6.40. The maximum atomic E-state index is 6.12. The number of aryl methyl sites for hydroxylation is 1. The lowest BCUT2D eigenvalue weighted by Crippen LogP contribution is -2.17. The molecule has 0 fully saturated rings. The molecule has 3 aromatic rings. The molecule has 6 heteroatoms. The Morgan fingerprint density at radius 2 is 2.15 bits per heavy atom. The summed E-state index contributed by atoms with van der Waals surface area (Å²) in [7, 11) is 0. The summed E-state index contributed by atoms with van der Waals surface area (Å²) in [5, 5.41) is 8.64. The van der Waals surface area contributed by atoms with Crippen LogP contribution in [0.1, 0.15) is 17.3 Å². The van der Waals surface area contributed by atoms with Gasteiger partial charge in [0.05, 0.1) is 0 Å². The Labute approximate surface area is 120 Å². The molecule has 0 aliphatic rings. The van der Waals surface area contributed by atoms with Crippen molar-refractivity contribution in [1.29, 1.82) is 0 Å². The van der Waals surface area contributed by atoms with Gasteiger partial charge in [-0.05, 0) is 17.7 Å². The van der Waals surface area contributed by atoms with Crippen LogP contribution in [0.25, 0.3) is 11.0 Å². The summed E-state index contributed by atoms with van der Waals surface area (Å²) in [5.41, 5.74) is 1.79. The predicted octanol–water partition coefficient (Wildman–Crippen LogP) is 3.11. The van der Waals surface area contributed by atoms with Crippen molar-refractivity contribution >= 4 is 22.6 Å². The van der Waals surface area contributed by atoms with Gasteiger partial charge in [0, 0.05) is 37.4 Å². The molecule has 0 aliphatic heterocycles. The minimum absolute atomic E-state index is 0.439. The molecule has 1 aromatic carbocycles. The quantitative estimate of drug-likeness (QED) is 0.732. The molecule has 2 aromatic heterocycles. The zero-order valence-electron chi connectivity index (χ0n) is 11.0. The average Bonchev–Trinajstić information content (AvgIpc) is 2.98. The Hall–Kier alpha value is -1.85. The summed E-state index contributed by atoms with van der Waals surface area (Å²) in [6.45, 7) is 3.17. The van der Waals surface area contributed by atoms with E-state index in [-0.39, 0.29) is 0 Å². The molecule has 0 saturated heterocycles. The number of fused-ring (bicyclic) bond motifs is 1. The van der Waals surface area contributed by atoms with Gasteiger partial charge in [0.25, 0.3) is 0 Å². The second-order valence-corrected chi connectivity index (χ2v) is 4.85. The summed E-state index contributed by atoms with van der Waals surface area (Å²) >= 11 is 6.12. The van der Waals surface area contributed by atoms with E-state index in [4.69, 9.17) is 20.5 Å². The van der Waals surface area contributed by atoms with E-state index in [2.05, 4.69) is 15.5 Å². The topological polar surface area (TPSA) is 64.1 Å². The van der Waals surface area contributed by atoms with Crippen molar-refractivity contribution < 1.29 is 8.94 Å². The summed E-state index contributed by atoms with van der Waals surface area (Å²) in [4.78, 5) is 4.15. The molecule has 0 amide bonds. The van der Waals surface area contributed by atoms with Crippen LogP contribution < -0.4 is 5.32 Å². The minimum atomic E-state index is 0.439. The molecule has 3 rings (SSSR count). The number of hydrogen-bond donors (Lipinski definition) is 1. The van der Waals surface area contributed by atoms with E-state index in [0.717, 1.165) is 23.1 Å². The van der Waals surface area contributed by atoms with Gasteiger partial charge in [-0.2, -0.15) is 4.98 Å². The minimum Gasteiger partial charge on any atom is -0.444 e. The van der Waals surface area contributed by atoms with E-state index in [1.165, 1.54) is 0 Å². The largest absolute Gasteiger partial charge is 0.444 e. The summed E-state index contributed by atoms with van der Waals surface area (Å²) in [6.07, 6.45) is 0.713. The number of hydrogen-bond acceptors (Lipinski definition) is 5. The lowest BCUT2D eigenvalue weighted by atomic mass is 10.2. The number of furan rings is 1. The number of para-hydroxylation sites is 1. The van der Waals surface area contributed by atoms with Crippen LogP contribution >= 0.6 is 11.6 Å². The Kier molecular flexibility index (Phi) is 3.71. The highest BCUT2D eigenvalue weighted by atomic mass is 35.5. The van der Waals surface area contributed by atoms with Crippen LogP contribution in [0.2, 0.25) is 5.22 Å². The van der Waals surface area contributed by atoms with Crippen LogP contribution in [0.5, 0.6) is 0 Å². The normalized spacial score (nSPS) is 11.3. The molecule has 104 valence electrons. The average molecular weight is 292 g/mol. The zero-order chi connectivity index (χ0) is 13.9. The van der Waals surface area contributed by atoms with Crippen LogP contribution in [-0.2, 0) is 13.0 Å². The van der Waals surface area contributed by atoms with Crippen molar-refractivity contribution in [2.45, 2.75) is 19.9 Å². The van der Waals surface area contributed by atoms with Crippen molar-refractivity contribution in [3.8, 4) is 0 Å². The molecule has 0 saturated carbocycles. The van der Waals surface area contributed by atoms with Crippen LogP contribution in [0.3, 0.4) is 0 Å². The van der Waals surface area contributed by atoms with Crippen LogP contribution in [0.15, 0.2) is 33.2 Å². The molecule has 2 heterocycles. The number of aromatic nitrogens is 2. The van der Waals surface area contributed by atoms with Gasteiger partial charge in [-0.25, -0.2) is 0 Å². The van der Waals surface area contributed by atoms with E-state index in [1.54, 1.807) is 6.92 Å². The first-order valence-corrected chi connectivity index (χ1v) is 6.77. The first-order chi connectivity index (χ1) is 9.74. The molecule has 0 spiro atoms. The van der Waals surface area contributed by atoms with Crippen molar-refractivity contribution in [3.05, 3.63) is 46.8 Å². The van der Waals surface area contributed by atoms with Crippen LogP contribution in [0, 0.1) is 6.92 Å². The van der Waals surface area contributed by atoms with E-state index in [0.29, 0.717) is 29.9 Å². The highest BCUT2D eigenvalue weighted by molar-refractivity contribution is 6.30. The zero-order valence-corrected chi connectivity index (χ0v) is 11.8. The molecular weight excluding hydrogens is 278 g/mol. The van der Waals surface area contributed by atoms with E-state index >= 15 is 0 Å². The molecule has 20 heavy (non-hydrogen) atoms. The van der Waals surface area contributed by atoms with Crippen molar-refractivity contribution in [1.82, 2.24) is 15.5 Å². The molecule has 0 unspecified atom stereocenters. The number of benzene rings is 1. The maximum Gasteiger partial charge on any atom is 0.223 e. The van der Waals surface area contributed by atoms with Crippen molar-refractivity contribution in [2.75, 3.05) is 6.54 Å². The van der Waals surface area contributed by atoms with Gasteiger partial charge in [-0.1, -0.05) is 23.4 Å². The highest BCUT2D eigenvalue weighted by Crippen LogP contribution is 2.29. The molecule has 0 radical (unpaired) electrons. The third-order valence-corrected chi connectivity index (χ3v) is 3.35. The summed E-state index contributed by atoms with van der Waals surface area (Å²) in [5.74, 6) is 1.29. The number of rotatable bonds is 5. The van der Waals surface area contributed by atoms with Crippen molar-refractivity contribution in [3.63, 3.8) is 0 Å². The Morgan fingerprint density at radius 3 is 2.95 bits per heavy atom.